The van der Waals surface area contributed by atoms with Crippen LogP contribution in [0.5, 0.6) is 0 Å². The van der Waals surface area contributed by atoms with Gasteiger partial charge >= 0.3 is 0 Å². The molecule has 1 N–H and O–H groups in total. The van der Waals surface area contributed by atoms with Crippen LogP contribution in [-0.2, 0) is 16.1 Å². The Morgan fingerprint density at radius 2 is 1.21 bits per heavy atom. The number of rotatable bonds is 21. The summed E-state index contributed by atoms with van der Waals surface area (Å²) in [5, 5.41) is 9.56. The highest BCUT2D eigenvalue weighted by Crippen LogP contribution is 2.22. The van der Waals surface area contributed by atoms with Crippen LogP contribution in [0.3, 0.4) is 0 Å². The van der Waals surface area contributed by atoms with Gasteiger partial charge in [0.25, 0.3) is 0 Å². The molecule has 1 aromatic rings. The largest absolute Gasteiger partial charge is 0.394 e. The average Bonchev–Trinajstić information content (AvgIpc) is 2.78. The number of aliphatic hydroxyl groups excluding tert-OH is 1. The van der Waals surface area contributed by atoms with Crippen molar-refractivity contribution in [3.8, 4) is 0 Å². The molecule has 192 valence electrons. The second-order valence-corrected chi connectivity index (χ2v) is 11.0. The number of hydrogen-bond donors (Lipinski definition) is 1. The molecule has 0 aliphatic rings. The van der Waals surface area contributed by atoms with Crippen LogP contribution in [0.2, 0.25) is 0 Å². The highest BCUT2D eigenvalue weighted by atomic mass is 16.5. The molecule has 3 heteroatoms. The summed E-state index contributed by atoms with van der Waals surface area (Å²) in [7, 11) is 0. The Kier molecular flexibility index (Phi) is 17.7. The average molecular weight is 463 g/mol. The van der Waals surface area contributed by atoms with Crippen LogP contribution < -0.4 is 0 Å². The molecule has 0 fully saturated rings. The molecule has 0 amide bonds. The summed E-state index contributed by atoms with van der Waals surface area (Å²) in [5.41, 5.74) is 1.15. The van der Waals surface area contributed by atoms with Gasteiger partial charge in [-0.2, -0.15) is 0 Å². The van der Waals surface area contributed by atoms with Crippen molar-refractivity contribution in [1.82, 2.24) is 0 Å². The Bertz CT molecular complexity index is 545. The van der Waals surface area contributed by atoms with Gasteiger partial charge in [-0.15, -0.1) is 0 Å². The molecule has 0 unspecified atom stereocenters. The van der Waals surface area contributed by atoms with Gasteiger partial charge in [0.15, 0.2) is 0 Å². The number of hydrogen-bond acceptors (Lipinski definition) is 3. The molecular weight excluding hydrogens is 408 g/mol. The van der Waals surface area contributed by atoms with E-state index in [-0.39, 0.29) is 12.7 Å². The van der Waals surface area contributed by atoms with E-state index >= 15 is 0 Å². The lowest BCUT2D eigenvalue weighted by Crippen LogP contribution is -2.25. The number of aliphatic hydroxyl groups is 1. The summed E-state index contributed by atoms with van der Waals surface area (Å²) < 4.78 is 11.6. The zero-order chi connectivity index (χ0) is 24.3. The van der Waals surface area contributed by atoms with Gasteiger partial charge in [-0.05, 0) is 35.7 Å². The van der Waals surface area contributed by atoms with E-state index in [9.17, 15) is 5.11 Å². The first-order valence-corrected chi connectivity index (χ1v) is 13.7. The van der Waals surface area contributed by atoms with E-state index in [0.717, 1.165) is 29.7 Å². The van der Waals surface area contributed by atoms with Gasteiger partial charge < -0.3 is 14.6 Å². The SMILES string of the molecule is CC(C)CCC[C@@H](C)CCC[C@@H](C)CCC[C@@H](C)CCO[C@@H](CO)COCc1ccccc1. The van der Waals surface area contributed by atoms with Crippen molar-refractivity contribution in [2.45, 2.75) is 112 Å². The van der Waals surface area contributed by atoms with Gasteiger partial charge in [-0.1, -0.05) is 123 Å². The molecular formula is C30H54O3. The maximum atomic E-state index is 9.56. The third-order valence-electron chi connectivity index (χ3n) is 6.85. The van der Waals surface area contributed by atoms with Crippen molar-refractivity contribution in [2.24, 2.45) is 23.7 Å². The Hall–Kier alpha value is -0.900. The summed E-state index contributed by atoms with van der Waals surface area (Å²) in [6.07, 6.45) is 13.1. The maximum Gasteiger partial charge on any atom is 0.104 e. The maximum absolute atomic E-state index is 9.56. The topological polar surface area (TPSA) is 38.7 Å². The number of ether oxygens (including phenoxy) is 2. The molecule has 0 saturated carbocycles. The molecule has 0 aliphatic carbocycles. The highest BCUT2D eigenvalue weighted by Gasteiger charge is 2.11. The second kappa shape index (κ2) is 19.4. The minimum atomic E-state index is -0.228. The molecule has 0 heterocycles. The quantitative estimate of drug-likeness (QED) is 0.201. The standard InChI is InChI=1S/C30H54O3/c1-25(2)12-9-13-26(3)14-10-15-27(4)16-11-17-28(5)20-21-33-30(22-31)24-32-23-29-18-7-6-8-19-29/h6-8,18-19,25-28,30-31H,9-17,20-24H2,1-5H3/t26-,27-,28-,30+/m1/s1. The van der Waals surface area contributed by atoms with Crippen molar-refractivity contribution in [2.75, 3.05) is 19.8 Å². The Labute approximate surface area is 205 Å². The monoisotopic (exact) mass is 462 g/mol. The van der Waals surface area contributed by atoms with Gasteiger partial charge in [0.1, 0.15) is 6.10 Å². The summed E-state index contributed by atoms with van der Waals surface area (Å²) in [6, 6.07) is 10.1. The molecule has 0 saturated heterocycles. The van der Waals surface area contributed by atoms with Gasteiger partial charge in [-0.25, -0.2) is 0 Å². The first kappa shape index (κ1) is 30.1. The lowest BCUT2D eigenvalue weighted by atomic mass is 9.91. The molecule has 3 nitrogen and oxygen atoms in total. The first-order valence-electron chi connectivity index (χ1n) is 13.7. The fourth-order valence-corrected chi connectivity index (χ4v) is 4.41. The summed E-state index contributed by atoms with van der Waals surface area (Å²) in [4.78, 5) is 0. The van der Waals surface area contributed by atoms with E-state index in [1.807, 2.05) is 30.3 Å². The fourth-order valence-electron chi connectivity index (χ4n) is 4.41. The van der Waals surface area contributed by atoms with Crippen LogP contribution in [0.4, 0.5) is 0 Å². The van der Waals surface area contributed by atoms with E-state index < -0.39 is 0 Å². The van der Waals surface area contributed by atoms with Crippen LogP contribution in [0.25, 0.3) is 0 Å². The predicted molar refractivity (Wildman–Crippen MR) is 141 cm³/mol. The van der Waals surface area contributed by atoms with Gasteiger partial charge in [0.2, 0.25) is 0 Å². The van der Waals surface area contributed by atoms with Crippen LogP contribution in [0.1, 0.15) is 104 Å². The van der Waals surface area contributed by atoms with Crippen molar-refractivity contribution in [1.29, 1.82) is 0 Å². The minimum absolute atomic E-state index is 0.0109. The smallest absolute Gasteiger partial charge is 0.104 e. The third kappa shape index (κ3) is 17.2. The molecule has 0 spiro atoms. The highest BCUT2D eigenvalue weighted by molar-refractivity contribution is 5.13. The summed E-state index contributed by atoms with van der Waals surface area (Å²) in [5.74, 6) is 3.25. The molecule has 4 atom stereocenters. The Morgan fingerprint density at radius 1 is 0.697 bits per heavy atom. The normalized spacial score (nSPS) is 15.5. The van der Waals surface area contributed by atoms with E-state index in [0.29, 0.717) is 25.7 Å². The zero-order valence-corrected chi connectivity index (χ0v) is 22.4. The lowest BCUT2D eigenvalue weighted by molar-refractivity contribution is -0.0494. The van der Waals surface area contributed by atoms with Crippen molar-refractivity contribution < 1.29 is 14.6 Å². The van der Waals surface area contributed by atoms with Crippen LogP contribution >= 0.6 is 0 Å². The molecule has 0 aliphatic heterocycles. The molecule has 0 aromatic heterocycles. The molecule has 1 rings (SSSR count). The van der Waals surface area contributed by atoms with Crippen molar-refractivity contribution >= 4 is 0 Å². The van der Waals surface area contributed by atoms with E-state index in [1.165, 1.54) is 57.8 Å². The van der Waals surface area contributed by atoms with Crippen LogP contribution in [0, 0.1) is 23.7 Å². The molecule has 1 aromatic carbocycles. The van der Waals surface area contributed by atoms with Crippen molar-refractivity contribution in [3.05, 3.63) is 35.9 Å². The van der Waals surface area contributed by atoms with Crippen LogP contribution in [0.15, 0.2) is 30.3 Å². The Balaban J connectivity index is 2.01. The second-order valence-electron chi connectivity index (χ2n) is 11.0. The van der Waals surface area contributed by atoms with Crippen molar-refractivity contribution in [3.63, 3.8) is 0 Å². The van der Waals surface area contributed by atoms with E-state index in [1.54, 1.807) is 0 Å². The number of benzene rings is 1. The minimum Gasteiger partial charge on any atom is -0.394 e. The Morgan fingerprint density at radius 3 is 1.73 bits per heavy atom. The van der Waals surface area contributed by atoms with Crippen LogP contribution in [-0.4, -0.2) is 31.0 Å². The predicted octanol–water partition coefficient (Wildman–Crippen LogP) is 8.05. The molecule has 33 heavy (non-hydrogen) atoms. The molecule has 0 radical (unpaired) electrons. The first-order chi connectivity index (χ1) is 15.9. The van der Waals surface area contributed by atoms with E-state index in [4.69, 9.17) is 9.47 Å². The van der Waals surface area contributed by atoms with Gasteiger partial charge in [0, 0.05) is 6.61 Å². The zero-order valence-electron chi connectivity index (χ0n) is 22.4. The van der Waals surface area contributed by atoms with Gasteiger partial charge in [0.05, 0.1) is 19.8 Å². The van der Waals surface area contributed by atoms with Gasteiger partial charge in [-0.3, -0.25) is 0 Å². The summed E-state index contributed by atoms with van der Waals surface area (Å²) in [6.45, 7) is 13.6. The summed E-state index contributed by atoms with van der Waals surface area (Å²) >= 11 is 0. The lowest BCUT2D eigenvalue weighted by Gasteiger charge is -2.18. The fraction of sp³-hybridized carbons (Fsp3) is 0.800. The third-order valence-corrected chi connectivity index (χ3v) is 6.85. The van der Waals surface area contributed by atoms with E-state index in [2.05, 4.69) is 34.6 Å². The molecule has 0 bridgehead atoms.